The average molecular weight is 566 g/mol. The highest BCUT2D eigenvalue weighted by Gasteiger charge is 2.51. The van der Waals surface area contributed by atoms with Crippen LogP contribution in [0.5, 0.6) is 6.01 Å². The lowest BCUT2D eigenvalue weighted by atomic mass is 9.78. The summed E-state index contributed by atoms with van der Waals surface area (Å²) in [6.45, 7) is 8.37. The minimum absolute atomic E-state index is 0.0829. The molecule has 0 saturated carbocycles. The van der Waals surface area contributed by atoms with Crippen LogP contribution in [0.15, 0.2) is 91.0 Å². The lowest BCUT2D eigenvalue weighted by Gasteiger charge is -2.41. The van der Waals surface area contributed by atoms with Gasteiger partial charge >= 0.3 is 12.0 Å². The summed E-state index contributed by atoms with van der Waals surface area (Å²) >= 11 is 0. The molecule has 0 bridgehead atoms. The number of aromatic nitrogens is 2. The van der Waals surface area contributed by atoms with Crippen LogP contribution in [0.2, 0.25) is 0 Å². The van der Waals surface area contributed by atoms with E-state index in [9.17, 15) is 14.7 Å². The summed E-state index contributed by atoms with van der Waals surface area (Å²) in [6.07, 6.45) is -1.63. The van der Waals surface area contributed by atoms with E-state index in [0.717, 1.165) is 5.56 Å². The van der Waals surface area contributed by atoms with E-state index in [4.69, 9.17) is 9.47 Å². The van der Waals surface area contributed by atoms with Crippen LogP contribution in [0.1, 0.15) is 47.5 Å². The number of carbonyl (C=O) groups is 2. The smallest absolute Gasteiger partial charge is 0.348 e. The molecular formula is C34H35N3O5. The largest absolute Gasteiger partial charge is 0.478 e. The molecule has 8 heteroatoms. The van der Waals surface area contributed by atoms with Crippen molar-refractivity contribution < 1.29 is 24.2 Å². The number of nitrogens with zero attached hydrogens (tertiary/aromatic N) is 3. The Morgan fingerprint density at radius 1 is 0.905 bits per heavy atom. The van der Waals surface area contributed by atoms with Gasteiger partial charge in [0.1, 0.15) is 6.61 Å². The van der Waals surface area contributed by atoms with Crippen LogP contribution in [0.25, 0.3) is 0 Å². The van der Waals surface area contributed by atoms with Crippen LogP contribution in [0.3, 0.4) is 0 Å². The molecule has 8 nitrogen and oxygen atoms in total. The zero-order chi connectivity index (χ0) is 29.9. The Morgan fingerprint density at radius 3 is 2.02 bits per heavy atom. The van der Waals surface area contributed by atoms with Crippen molar-refractivity contribution in [3.05, 3.63) is 125 Å². The van der Waals surface area contributed by atoms with Gasteiger partial charge in [0.15, 0.2) is 5.60 Å². The van der Waals surface area contributed by atoms with Crippen molar-refractivity contribution in [1.82, 2.24) is 14.9 Å². The van der Waals surface area contributed by atoms with Crippen molar-refractivity contribution in [2.24, 2.45) is 0 Å². The maximum atomic E-state index is 13.8. The minimum Gasteiger partial charge on any atom is -0.478 e. The highest BCUT2D eigenvalue weighted by molar-refractivity contribution is 5.79. The number of fused-ring (bicyclic) bond motifs is 1. The molecular weight excluding hydrogens is 530 g/mol. The van der Waals surface area contributed by atoms with Gasteiger partial charge < -0.3 is 19.5 Å². The van der Waals surface area contributed by atoms with Crippen LogP contribution in [0.4, 0.5) is 0 Å². The van der Waals surface area contributed by atoms with E-state index in [1.54, 1.807) is 73.3 Å². The standard InChI is InChI=1S/C34H35N3O5/c1-23-19-24(2)36-32(35-23)42-30(31(39)40)34(26-14-7-5-8-15-26,27-16-9-6-10-17-27)41-21-29(38)37-20-25-13-11-12-18-28(25)33(3,4)22-37/h5-19,30H,20-22H2,1-4H3,(H,39,40). The Morgan fingerprint density at radius 2 is 1.45 bits per heavy atom. The van der Waals surface area contributed by atoms with Gasteiger partial charge in [-0.3, -0.25) is 4.79 Å². The van der Waals surface area contributed by atoms with Crippen LogP contribution in [-0.4, -0.2) is 51.1 Å². The van der Waals surface area contributed by atoms with Gasteiger partial charge in [-0.05, 0) is 42.2 Å². The monoisotopic (exact) mass is 565 g/mol. The van der Waals surface area contributed by atoms with Crippen molar-refractivity contribution in [1.29, 1.82) is 0 Å². The van der Waals surface area contributed by atoms with E-state index in [2.05, 4.69) is 29.9 Å². The highest BCUT2D eigenvalue weighted by atomic mass is 16.6. The first-order chi connectivity index (χ1) is 20.1. The number of carboxylic acid groups (broad SMARTS) is 1. The number of aryl methyl sites for hydroxylation is 2. The van der Waals surface area contributed by atoms with Crippen molar-refractivity contribution in [2.75, 3.05) is 13.2 Å². The number of amides is 1. The molecule has 5 rings (SSSR count). The van der Waals surface area contributed by atoms with Gasteiger partial charge in [0, 0.05) is 29.9 Å². The predicted octanol–water partition coefficient (Wildman–Crippen LogP) is 5.21. The fraction of sp³-hybridized carbons (Fsp3) is 0.294. The van der Waals surface area contributed by atoms with Gasteiger partial charge in [-0.15, -0.1) is 0 Å². The van der Waals surface area contributed by atoms with Gasteiger partial charge in [0.25, 0.3) is 0 Å². The number of aliphatic carboxylic acids is 1. The molecule has 42 heavy (non-hydrogen) atoms. The molecule has 0 aliphatic carbocycles. The van der Waals surface area contributed by atoms with Gasteiger partial charge in [-0.2, -0.15) is 0 Å². The van der Waals surface area contributed by atoms with Crippen molar-refractivity contribution in [3.8, 4) is 6.01 Å². The Hall–Kier alpha value is -4.56. The number of ether oxygens (including phenoxy) is 2. The average Bonchev–Trinajstić information content (AvgIpc) is 2.97. The second-order valence-corrected chi connectivity index (χ2v) is 11.3. The maximum absolute atomic E-state index is 13.8. The summed E-state index contributed by atoms with van der Waals surface area (Å²) in [6, 6.07) is 27.8. The van der Waals surface area contributed by atoms with Crippen LogP contribution in [0, 0.1) is 13.8 Å². The zero-order valence-corrected chi connectivity index (χ0v) is 24.3. The van der Waals surface area contributed by atoms with Crippen LogP contribution < -0.4 is 4.74 Å². The normalized spacial score (nSPS) is 15.0. The summed E-state index contributed by atoms with van der Waals surface area (Å²) in [5, 5.41) is 10.7. The van der Waals surface area contributed by atoms with E-state index in [1.165, 1.54) is 5.56 Å². The molecule has 1 aromatic heterocycles. The first-order valence-electron chi connectivity index (χ1n) is 13.9. The highest BCUT2D eigenvalue weighted by Crippen LogP contribution is 2.40. The molecule has 1 N–H and O–H groups in total. The van der Waals surface area contributed by atoms with Gasteiger partial charge in [-0.1, -0.05) is 98.8 Å². The molecule has 1 unspecified atom stereocenters. The molecule has 1 amide bonds. The van der Waals surface area contributed by atoms with E-state index in [0.29, 0.717) is 35.6 Å². The number of carboxylic acids is 1. The lowest BCUT2D eigenvalue weighted by Crippen LogP contribution is -2.53. The molecule has 0 spiro atoms. The lowest BCUT2D eigenvalue weighted by molar-refractivity contribution is -0.169. The summed E-state index contributed by atoms with van der Waals surface area (Å²) in [5.41, 5.74) is 2.63. The first-order valence-corrected chi connectivity index (χ1v) is 13.9. The SMILES string of the molecule is Cc1cc(C)nc(OC(C(=O)O)C(OCC(=O)N2Cc3ccccc3C(C)(C)C2)(c2ccccc2)c2ccccc2)n1. The van der Waals surface area contributed by atoms with Crippen LogP contribution >= 0.6 is 0 Å². The molecule has 1 atom stereocenters. The van der Waals surface area contributed by atoms with E-state index in [-0.39, 0.29) is 23.9 Å². The molecule has 1 aliphatic rings. The van der Waals surface area contributed by atoms with Gasteiger partial charge in [0.05, 0.1) is 0 Å². The summed E-state index contributed by atoms with van der Waals surface area (Å²) in [7, 11) is 0. The fourth-order valence-corrected chi connectivity index (χ4v) is 5.83. The molecule has 1 aliphatic heterocycles. The second-order valence-electron chi connectivity index (χ2n) is 11.3. The predicted molar refractivity (Wildman–Crippen MR) is 158 cm³/mol. The fourth-order valence-electron chi connectivity index (χ4n) is 5.83. The zero-order valence-electron chi connectivity index (χ0n) is 24.3. The number of rotatable bonds is 9. The third kappa shape index (κ3) is 5.76. The Kier molecular flexibility index (Phi) is 8.09. The third-order valence-corrected chi connectivity index (χ3v) is 7.65. The Balaban J connectivity index is 1.57. The summed E-state index contributed by atoms with van der Waals surface area (Å²) in [5.74, 6) is -1.54. The molecule has 2 heterocycles. The van der Waals surface area contributed by atoms with E-state index < -0.39 is 17.7 Å². The topological polar surface area (TPSA) is 102 Å². The summed E-state index contributed by atoms with van der Waals surface area (Å²) < 4.78 is 12.7. The van der Waals surface area contributed by atoms with E-state index >= 15 is 0 Å². The molecule has 0 fully saturated rings. The summed E-state index contributed by atoms with van der Waals surface area (Å²) in [4.78, 5) is 37.4. The number of hydrogen-bond acceptors (Lipinski definition) is 6. The molecule has 4 aromatic rings. The van der Waals surface area contributed by atoms with Crippen molar-refractivity contribution in [3.63, 3.8) is 0 Å². The Labute approximate surface area is 246 Å². The maximum Gasteiger partial charge on any atom is 0.348 e. The molecule has 0 radical (unpaired) electrons. The van der Waals surface area contributed by atoms with Crippen LogP contribution in [-0.2, 0) is 31.9 Å². The quantitative estimate of drug-likeness (QED) is 0.297. The number of hydrogen-bond donors (Lipinski definition) is 1. The van der Waals surface area contributed by atoms with E-state index in [1.807, 2.05) is 30.3 Å². The van der Waals surface area contributed by atoms with Gasteiger partial charge in [-0.25, -0.2) is 14.8 Å². The molecule has 0 saturated heterocycles. The first kappa shape index (κ1) is 29.0. The molecule has 216 valence electrons. The number of benzene rings is 3. The third-order valence-electron chi connectivity index (χ3n) is 7.65. The second kappa shape index (κ2) is 11.7. The van der Waals surface area contributed by atoms with Crippen molar-refractivity contribution in [2.45, 2.75) is 51.4 Å². The Bertz CT molecular complexity index is 1510. The minimum atomic E-state index is -1.71. The van der Waals surface area contributed by atoms with Gasteiger partial charge in [0.2, 0.25) is 12.0 Å². The van der Waals surface area contributed by atoms with Crippen molar-refractivity contribution >= 4 is 11.9 Å². The molecule has 3 aromatic carbocycles. The number of carbonyl (C=O) groups excluding carboxylic acids is 1.